The summed E-state index contributed by atoms with van der Waals surface area (Å²) in [5.41, 5.74) is 5.57. The predicted molar refractivity (Wildman–Crippen MR) is 72.9 cm³/mol. The van der Waals surface area contributed by atoms with E-state index in [1.165, 1.54) is 6.07 Å². The average molecular weight is 289 g/mol. The van der Waals surface area contributed by atoms with E-state index in [1.54, 1.807) is 0 Å². The average Bonchev–Trinajstić information content (AvgIpc) is 3.09. The van der Waals surface area contributed by atoms with Gasteiger partial charge in [0.25, 0.3) is 0 Å². The monoisotopic (exact) mass is 288 g/mol. The molecule has 1 saturated carbocycles. The van der Waals surface area contributed by atoms with Gasteiger partial charge in [0.15, 0.2) is 0 Å². The van der Waals surface area contributed by atoms with Crippen LogP contribution in [0.15, 0.2) is 6.07 Å². The van der Waals surface area contributed by atoms with Gasteiger partial charge in [0.2, 0.25) is 5.91 Å². The van der Waals surface area contributed by atoms with Crippen LogP contribution in [0.5, 0.6) is 0 Å². The molecule has 98 valence electrons. The number of halogens is 2. The minimum Gasteiger partial charge on any atom is -0.382 e. The summed E-state index contributed by atoms with van der Waals surface area (Å²) in [5.74, 6) is 0.687. The normalized spacial score (nSPS) is 14.3. The molecule has 0 saturated heterocycles. The maximum atomic E-state index is 11.4. The van der Waals surface area contributed by atoms with Crippen LogP contribution in [0.2, 0.25) is 10.0 Å². The minimum atomic E-state index is 0.0306. The van der Waals surface area contributed by atoms with Gasteiger partial charge in [-0.1, -0.05) is 23.2 Å². The summed E-state index contributed by atoms with van der Waals surface area (Å²) in [4.78, 5) is 15.5. The Morgan fingerprint density at radius 3 is 2.83 bits per heavy atom. The van der Waals surface area contributed by atoms with E-state index in [2.05, 4.69) is 15.6 Å². The van der Waals surface area contributed by atoms with Crippen LogP contribution in [0.3, 0.4) is 0 Å². The highest BCUT2D eigenvalue weighted by molar-refractivity contribution is 6.37. The van der Waals surface area contributed by atoms with E-state index < -0.39 is 0 Å². The molecule has 1 aromatic heterocycles. The fourth-order valence-corrected chi connectivity index (χ4v) is 1.85. The van der Waals surface area contributed by atoms with Crippen LogP contribution < -0.4 is 16.4 Å². The second-order valence-corrected chi connectivity index (χ2v) is 5.02. The molecule has 5 nitrogen and oxygen atoms in total. The largest absolute Gasteiger partial charge is 0.382 e. The van der Waals surface area contributed by atoms with Crippen molar-refractivity contribution in [1.29, 1.82) is 0 Å². The van der Waals surface area contributed by atoms with Crippen LogP contribution >= 0.6 is 23.2 Å². The molecule has 0 unspecified atom stereocenters. The maximum Gasteiger partial charge on any atom is 0.221 e. The lowest BCUT2D eigenvalue weighted by molar-refractivity contribution is -0.120. The molecule has 1 aliphatic carbocycles. The van der Waals surface area contributed by atoms with Gasteiger partial charge in [0.1, 0.15) is 11.6 Å². The van der Waals surface area contributed by atoms with E-state index in [-0.39, 0.29) is 11.7 Å². The summed E-state index contributed by atoms with van der Waals surface area (Å²) in [6.07, 6.45) is 2.54. The van der Waals surface area contributed by atoms with Crippen molar-refractivity contribution in [3.05, 3.63) is 16.1 Å². The number of hydrogen-bond donors (Lipinski definition) is 3. The van der Waals surface area contributed by atoms with Crippen LogP contribution in [0.1, 0.15) is 19.3 Å². The first-order valence-electron chi connectivity index (χ1n) is 5.71. The molecule has 2 rings (SSSR count). The summed E-state index contributed by atoms with van der Waals surface area (Å²) in [5, 5.41) is 6.56. The van der Waals surface area contributed by atoms with Crippen molar-refractivity contribution >= 4 is 40.7 Å². The fraction of sp³-hybridized carbons (Fsp3) is 0.455. The number of amides is 1. The molecule has 1 heterocycles. The molecule has 0 radical (unpaired) electrons. The van der Waals surface area contributed by atoms with Crippen molar-refractivity contribution in [2.75, 3.05) is 17.6 Å². The van der Waals surface area contributed by atoms with E-state index in [4.69, 9.17) is 28.9 Å². The van der Waals surface area contributed by atoms with Crippen LogP contribution in [-0.2, 0) is 4.79 Å². The number of anilines is 2. The molecule has 0 spiro atoms. The number of rotatable bonds is 5. The lowest BCUT2D eigenvalue weighted by Gasteiger charge is -2.09. The third-order valence-corrected chi connectivity index (χ3v) is 3.13. The van der Waals surface area contributed by atoms with Crippen molar-refractivity contribution in [2.45, 2.75) is 25.3 Å². The van der Waals surface area contributed by atoms with E-state index in [9.17, 15) is 4.79 Å². The van der Waals surface area contributed by atoms with Crippen LogP contribution in [0.4, 0.5) is 11.6 Å². The third-order valence-electron chi connectivity index (χ3n) is 2.54. The number of nitrogens with one attached hydrogen (secondary N) is 2. The molecule has 1 amide bonds. The number of nitrogens with zero attached hydrogens (tertiary/aromatic N) is 1. The van der Waals surface area contributed by atoms with Gasteiger partial charge >= 0.3 is 0 Å². The Morgan fingerprint density at radius 1 is 1.44 bits per heavy atom. The first-order chi connectivity index (χ1) is 8.56. The number of hydrogen-bond acceptors (Lipinski definition) is 4. The second kappa shape index (κ2) is 5.63. The molecule has 1 aromatic rings. The molecule has 18 heavy (non-hydrogen) atoms. The second-order valence-electron chi connectivity index (χ2n) is 4.20. The van der Waals surface area contributed by atoms with E-state index in [1.807, 2.05) is 0 Å². The zero-order valence-electron chi connectivity index (χ0n) is 9.67. The number of carbonyl (C=O) groups excluding carboxylic acids is 1. The fourth-order valence-electron chi connectivity index (χ4n) is 1.43. The SMILES string of the molecule is Nc1nc(NCCC(=O)NC2CC2)c(Cl)cc1Cl. The number of nitrogen functional groups attached to an aromatic ring is 1. The molecule has 1 aliphatic rings. The highest BCUT2D eigenvalue weighted by Gasteiger charge is 2.22. The lowest BCUT2D eigenvalue weighted by atomic mass is 10.3. The Bertz CT molecular complexity index is 463. The van der Waals surface area contributed by atoms with E-state index in [0.717, 1.165) is 12.8 Å². The number of carbonyl (C=O) groups is 1. The quantitative estimate of drug-likeness (QED) is 0.775. The van der Waals surface area contributed by atoms with Gasteiger partial charge in [0, 0.05) is 19.0 Å². The molecule has 0 aliphatic heterocycles. The van der Waals surface area contributed by atoms with Gasteiger partial charge in [-0.25, -0.2) is 4.98 Å². The Hall–Kier alpha value is -1.20. The van der Waals surface area contributed by atoms with Gasteiger partial charge in [-0.15, -0.1) is 0 Å². The van der Waals surface area contributed by atoms with Crippen molar-refractivity contribution < 1.29 is 4.79 Å². The van der Waals surface area contributed by atoms with E-state index >= 15 is 0 Å². The van der Waals surface area contributed by atoms with Crippen LogP contribution in [0, 0.1) is 0 Å². The summed E-state index contributed by atoms with van der Waals surface area (Å²) in [7, 11) is 0. The van der Waals surface area contributed by atoms with Gasteiger partial charge in [-0.2, -0.15) is 0 Å². The molecule has 1 fully saturated rings. The molecule has 0 atom stereocenters. The molecular weight excluding hydrogens is 275 g/mol. The van der Waals surface area contributed by atoms with Crippen molar-refractivity contribution in [3.8, 4) is 0 Å². The Labute approximate surface area is 115 Å². The van der Waals surface area contributed by atoms with Gasteiger partial charge in [-0.05, 0) is 18.9 Å². The summed E-state index contributed by atoms with van der Waals surface area (Å²) in [6.45, 7) is 0.451. The molecule has 4 N–H and O–H groups in total. The lowest BCUT2D eigenvalue weighted by Crippen LogP contribution is -2.27. The van der Waals surface area contributed by atoms with E-state index in [0.29, 0.717) is 34.9 Å². The van der Waals surface area contributed by atoms with Gasteiger partial charge < -0.3 is 16.4 Å². The standard InChI is InChI=1S/C11H14Cl2N4O/c12-7-5-8(13)11(17-10(7)14)15-4-3-9(18)16-6-1-2-6/h5-6H,1-4H2,(H,16,18)(H3,14,15,17). The van der Waals surface area contributed by atoms with Gasteiger partial charge in [0.05, 0.1) is 10.0 Å². The maximum absolute atomic E-state index is 11.4. The molecular formula is C11H14Cl2N4O. The minimum absolute atomic E-state index is 0.0306. The smallest absolute Gasteiger partial charge is 0.221 e. The summed E-state index contributed by atoms with van der Waals surface area (Å²) in [6, 6.07) is 1.91. The Morgan fingerprint density at radius 2 is 2.17 bits per heavy atom. The first-order valence-corrected chi connectivity index (χ1v) is 6.46. The first kappa shape index (κ1) is 13.2. The van der Waals surface area contributed by atoms with Crippen LogP contribution in [-0.4, -0.2) is 23.5 Å². The summed E-state index contributed by atoms with van der Waals surface area (Å²) < 4.78 is 0. The topological polar surface area (TPSA) is 80.0 Å². The van der Waals surface area contributed by atoms with Gasteiger partial charge in [-0.3, -0.25) is 4.79 Å². The summed E-state index contributed by atoms with van der Waals surface area (Å²) >= 11 is 11.7. The Kier molecular flexibility index (Phi) is 4.14. The zero-order chi connectivity index (χ0) is 13.1. The number of nitrogens with two attached hydrogens (primary N) is 1. The molecule has 0 aromatic carbocycles. The third kappa shape index (κ3) is 3.65. The zero-order valence-corrected chi connectivity index (χ0v) is 11.2. The van der Waals surface area contributed by atoms with Crippen LogP contribution in [0.25, 0.3) is 0 Å². The molecule has 0 bridgehead atoms. The molecule has 7 heteroatoms. The highest BCUT2D eigenvalue weighted by Crippen LogP contribution is 2.27. The van der Waals surface area contributed by atoms with Crippen molar-refractivity contribution in [3.63, 3.8) is 0 Å². The Balaban J connectivity index is 1.82. The van der Waals surface area contributed by atoms with Crippen molar-refractivity contribution in [2.24, 2.45) is 0 Å². The predicted octanol–water partition coefficient (Wildman–Crippen LogP) is 2.05. The number of aromatic nitrogens is 1. The van der Waals surface area contributed by atoms with Crippen molar-refractivity contribution in [1.82, 2.24) is 10.3 Å². The number of pyridine rings is 1. The highest BCUT2D eigenvalue weighted by atomic mass is 35.5.